The van der Waals surface area contributed by atoms with Crippen molar-refractivity contribution in [2.75, 3.05) is 39.6 Å². The Bertz CT molecular complexity index is 2320. The summed E-state index contributed by atoms with van der Waals surface area (Å²) in [6.07, 6.45) is 81.5. The lowest BCUT2D eigenvalue weighted by atomic mass is 10.1. The van der Waals surface area contributed by atoms with Crippen LogP contribution in [-0.2, 0) is 55.8 Å². The van der Waals surface area contributed by atoms with Gasteiger partial charge in [-0.3, -0.25) is 32.5 Å². The molecule has 0 aliphatic rings. The predicted octanol–water partition coefficient (Wildman–Crippen LogP) is 19.5. The number of phosphoric acid groups is 2. The molecule has 0 amide bonds. The first-order valence-corrected chi connectivity index (χ1v) is 37.8. The minimum atomic E-state index is -4.94. The van der Waals surface area contributed by atoms with Crippen LogP contribution < -0.4 is 0 Å². The summed E-state index contributed by atoms with van der Waals surface area (Å²) in [6, 6.07) is 0. The van der Waals surface area contributed by atoms with Crippen molar-refractivity contribution in [2.45, 2.75) is 257 Å². The molecule has 0 aliphatic heterocycles. The molecule has 0 spiro atoms. The van der Waals surface area contributed by atoms with Gasteiger partial charge < -0.3 is 34.2 Å². The van der Waals surface area contributed by atoms with Crippen LogP contribution in [0.4, 0.5) is 0 Å². The van der Waals surface area contributed by atoms with E-state index in [2.05, 4.69) is 179 Å². The van der Waals surface area contributed by atoms with Gasteiger partial charge in [0.15, 0.2) is 6.10 Å². The number of allylic oxidation sites excluding steroid dienone is 26. The Morgan fingerprint density at radius 1 is 0.312 bits per heavy atom. The van der Waals surface area contributed by atoms with Gasteiger partial charge in [-0.1, -0.05) is 237 Å². The first-order chi connectivity index (χ1) is 45.2. The second-order valence-corrected chi connectivity index (χ2v) is 25.5. The van der Waals surface area contributed by atoms with Crippen molar-refractivity contribution in [3.8, 4) is 0 Å². The quantitative estimate of drug-likeness (QED) is 0.0146. The summed E-state index contributed by atoms with van der Waals surface area (Å²) in [5.41, 5.74) is 0. The molecule has 0 aliphatic carbocycles. The van der Waals surface area contributed by atoms with Crippen LogP contribution in [0.2, 0.25) is 0 Å². The van der Waals surface area contributed by atoms with Crippen molar-refractivity contribution in [3.63, 3.8) is 0 Å². The normalized spacial score (nSPS) is 15.1. The molecule has 16 nitrogen and oxygen atoms in total. The van der Waals surface area contributed by atoms with Gasteiger partial charge in [0.05, 0.1) is 26.4 Å². The first-order valence-electron chi connectivity index (χ1n) is 34.8. The van der Waals surface area contributed by atoms with Gasteiger partial charge >= 0.3 is 33.6 Å². The summed E-state index contributed by atoms with van der Waals surface area (Å²) in [7, 11) is -9.81. The van der Waals surface area contributed by atoms with Gasteiger partial charge in [-0.15, -0.1) is 0 Å². The Morgan fingerprint density at radius 3 is 0.903 bits per heavy atom. The van der Waals surface area contributed by atoms with Gasteiger partial charge in [0.2, 0.25) is 0 Å². The third-order valence-electron chi connectivity index (χ3n) is 13.7. The van der Waals surface area contributed by atoms with Crippen LogP contribution in [0.3, 0.4) is 0 Å². The van der Waals surface area contributed by atoms with Crippen molar-refractivity contribution in [1.29, 1.82) is 0 Å². The molecule has 5 unspecified atom stereocenters. The van der Waals surface area contributed by atoms with Gasteiger partial charge in [0, 0.05) is 19.3 Å². The summed E-state index contributed by atoms with van der Waals surface area (Å²) in [4.78, 5) is 58.4. The SMILES string of the molecule is CC/C=C\C/C=C\C/C=C\C/C=C\C/C=C\C/C=C\CCCCCCC(=O)OCC(O)COP(=O)(O)OCC(O)COP(=O)(O)OCC(COC(=O)CCCCCCC/C=C\C/C=C\C/C=C\C/C=C\C/C=C\CC)OC(=O)CCCCCCC/C=C\C/C=C\CCC. The second kappa shape index (κ2) is 67.2. The van der Waals surface area contributed by atoms with Crippen molar-refractivity contribution in [1.82, 2.24) is 0 Å². The highest BCUT2D eigenvalue weighted by atomic mass is 31.2. The van der Waals surface area contributed by atoms with Crippen LogP contribution >= 0.6 is 15.6 Å². The summed E-state index contributed by atoms with van der Waals surface area (Å²) < 4.78 is 60.9. The number of aliphatic hydroxyl groups excluding tert-OH is 2. The molecule has 528 valence electrons. The van der Waals surface area contributed by atoms with E-state index in [1.54, 1.807) is 0 Å². The van der Waals surface area contributed by atoms with Crippen LogP contribution in [0.25, 0.3) is 0 Å². The maximum absolute atomic E-state index is 12.9. The first kappa shape index (κ1) is 88.2. The third kappa shape index (κ3) is 68.4. The zero-order chi connectivity index (χ0) is 68.1. The molecule has 0 radical (unpaired) electrons. The topological polar surface area (TPSA) is 231 Å². The maximum Gasteiger partial charge on any atom is 0.472 e. The van der Waals surface area contributed by atoms with Gasteiger partial charge in [0.25, 0.3) is 0 Å². The molecule has 0 saturated carbocycles. The predicted molar refractivity (Wildman–Crippen MR) is 380 cm³/mol. The average Bonchev–Trinajstić information content (AvgIpc) is 3.75. The molecule has 0 saturated heterocycles. The molecule has 0 rings (SSSR count). The number of carbonyl (C=O) groups excluding carboxylic acids is 3. The molecular weight excluding hydrogens is 1220 g/mol. The van der Waals surface area contributed by atoms with Crippen LogP contribution in [0.15, 0.2) is 158 Å². The molecule has 18 heteroatoms. The highest BCUT2D eigenvalue weighted by Crippen LogP contribution is 2.45. The molecule has 0 bridgehead atoms. The number of unbranched alkanes of at least 4 members (excludes halogenated alkanes) is 15. The lowest BCUT2D eigenvalue weighted by molar-refractivity contribution is -0.161. The monoisotopic (exact) mass is 1340 g/mol. The van der Waals surface area contributed by atoms with Crippen LogP contribution in [0, 0.1) is 0 Å². The van der Waals surface area contributed by atoms with E-state index in [0.29, 0.717) is 19.3 Å². The number of ether oxygens (including phenoxy) is 3. The third-order valence-corrected chi connectivity index (χ3v) is 15.6. The molecule has 0 fully saturated rings. The molecule has 5 atom stereocenters. The molecule has 0 heterocycles. The van der Waals surface area contributed by atoms with E-state index in [-0.39, 0.29) is 19.3 Å². The Kier molecular flexibility index (Phi) is 63.7. The van der Waals surface area contributed by atoms with Crippen LogP contribution in [0.5, 0.6) is 0 Å². The van der Waals surface area contributed by atoms with Crippen LogP contribution in [-0.4, -0.2) is 95.9 Å². The standard InChI is InChI=1S/C75H122O16P2/c1-4-7-10-13-16-19-22-25-27-29-31-33-34-36-38-39-41-44-46-49-52-55-58-61-73(78)85-64-70(76)65-87-92(81,82)88-66-71(77)67-89-93(83,84)90-69-72(91-75(80)63-60-57-54-51-48-43-24-21-18-15-12-9-6-3)68-86-74(79)62-59-56-53-50-47-45-42-40-37-35-32-30-28-26-23-20-17-14-11-8-5-2/h7-8,10-12,15-17,19-21,24-28,31-33,35-36,38,40-42,44,70-72,76-77H,4-6,9,13-14,18,22-23,29-30,34,37,39,43,45-69H2,1-3H3,(H,81,82)(H,83,84)/b10-7-,11-8-,15-12-,19-16-,20-17-,24-21-,27-25-,28-26-,33-31-,35-32-,38-36-,42-40-,44-41-. The van der Waals surface area contributed by atoms with E-state index in [1.165, 1.54) is 0 Å². The van der Waals surface area contributed by atoms with E-state index in [4.69, 9.17) is 32.3 Å². The van der Waals surface area contributed by atoms with Gasteiger partial charge in [-0.25, -0.2) is 9.13 Å². The van der Waals surface area contributed by atoms with E-state index in [1.807, 2.05) is 0 Å². The van der Waals surface area contributed by atoms with Gasteiger partial charge in [-0.2, -0.15) is 0 Å². The maximum atomic E-state index is 12.9. The minimum Gasteiger partial charge on any atom is -0.463 e. The Balaban J connectivity index is 4.68. The largest absolute Gasteiger partial charge is 0.472 e. The molecule has 0 aromatic carbocycles. The summed E-state index contributed by atoms with van der Waals surface area (Å²) in [6.45, 7) is 2.27. The van der Waals surface area contributed by atoms with Crippen molar-refractivity contribution in [2.24, 2.45) is 0 Å². The number of hydrogen-bond acceptors (Lipinski definition) is 14. The van der Waals surface area contributed by atoms with Crippen molar-refractivity contribution in [3.05, 3.63) is 158 Å². The Labute approximate surface area is 561 Å². The Hall–Kier alpha value is -4.83. The molecule has 0 aromatic rings. The molecule has 4 N–H and O–H groups in total. The summed E-state index contributed by atoms with van der Waals surface area (Å²) in [5, 5.41) is 20.6. The lowest BCUT2D eigenvalue weighted by Gasteiger charge is -2.21. The Morgan fingerprint density at radius 2 is 0.570 bits per heavy atom. The van der Waals surface area contributed by atoms with E-state index in [9.17, 15) is 43.5 Å². The zero-order valence-electron chi connectivity index (χ0n) is 57.1. The molecule has 0 aromatic heterocycles. The summed E-state index contributed by atoms with van der Waals surface area (Å²) >= 11 is 0. The van der Waals surface area contributed by atoms with Gasteiger partial charge in [0.1, 0.15) is 25.4 Å². The second-order valence-electron chi connectivity index (χ2n) is 22.6. The number of aliphatic hydroxyl groups is 2. The van der Waals surface area contributed by atoms with E-state index in [0.717, 1.165) is 180 Å². The minimum absolute atomic E-state index is 0.0773. The number of phosphoric ester groups is 2. The lowest BCUT2D eigenvalue weighted by Crippen LogP contribution is -2.30. The van der Waals surface area contributed by atoms with Gasteiger partial charge in [-0.05, 0) is 141 Å². The number of rotatable bonds is 64. The van der Waals surface area contributed by atoms with Crippen molar-refractivity contribution < 1.29 is 75.8 Å². The number of esters is 3. The van der Waals surface area contributed by atoms with Crippen LogP contribution in [0.1, 0.15) is 239 Å². The van der Waals surface area contributed by atoms with E-state index < -0.39 is 91.5 Å². The highest BCUT2D eigenvalue weighted by molar-refractivity contribution is 7.47. The smallest absolute Gasteiger partial charge is 0.463 e. The highest BCUT2D eigenvalue weighted by Gasteiger charge is 2.29. The number of carbonyl (C=O) groups is 3. The molecular formula is C75H122O16P2. The summed E-state index contributed by atoms with van der Waals surface area (Å²) in [5.74, 6) is -1.65. The average molecular weight is 1340 g/mol. The zero-order valence-corrected chi connectivity index (χ0v) is 58.9. The van der Waals surface area contributed by atoms with E-state index >= 15 is 0 Å². The van der Waals surface area contributed by atoms with Crippen molar-refractivity contribution >= 4 is 33.6 Å². The molecule has 93 heavy (non-hydrogen) atoms. The number of hydrogen-bond donors (Lipinski definition) is 4. The fourth-order valence-electron chi connectivity index (χ4n) is 8.46. The fourth-order valence-corrected chi connectivity index (χ4v) is 10.0. The fraction of sp³-hybridized carbons (Fsp3) is 0.613.